The van der Waals surface area contributed by atoms with Gasteiger partial charge in [-0.3, -0.25) is 0 Å². The van der Waals surface area contributed by atoms with Gasteiger partial charge in [-0.2, -0.15) is 0 Å². The van der Waals surface area contributed by atoms with E-state index in [1.807, 2.05) is 0 Å². The Balaban J connectivity index is 1.51. The fourth-order valence-electron chi connectivity index (χ4n) is 8.62. The molecule has 0 radical (unpaired) electrons. The molecule has 0 bridgehead atoms. The van der Waals surface area contributed by atoms with E-state index in [4.69, 9.17) is 0 Å². The molecule has 1 saturated heterocycles. The monoisotopic (exact) mass is 398 g/mol. The number of aliphatic hydroxyl groups excluding tert-OH is 1. The van der Waals surface area contributed by atoms with Gasteiger partial charge in [0.1, 0.15) is 0 Å². The first-order valence-corrected chi connectivity index (χ1v) is 12.4. The zero-order chi connectivity index (χ0) is 20.4. The molecule has 2 saturated carbocycles. The Morgan fingerprint density at radius 1 is 1.07 bits per heavy atom. The van der Waals surface area contributed by atoms with E-state index in [0.29, 0.717) is 16.7 Å². The normalized spacial score (nSPS) is 47.4. The number of piperazine rings is 1. The Kier molecular flexibility index (Phi) is 4.94. The first-order chi connectivity index (χ1) is 13.9. The van der Waals surface area contributed by atoms with Crippen LogP contribution in [0.3, 0.4) is 0 Å². The molecule has 0 unspecified atom stereocenters. The number of nitrogens with zero attached hydrogens (tertiary/aromatic N) is 1. The molecule has 162 valence electrons. The minimum absolute atomic E-state index is 0.105. The minimum atomic E-state index is -0.105. The Labute approximate surface area is 178 Å². The minimum Gasteiger partial charge on any atom is -0.393 e. The molecule has 4 aliphatic carbocycles. The molecular formula is C26H42N2O. The lowest BCUT2D eigenvalue weighted by Gasteiger charge is -2.60. The van der Waals surface area contributed by atoms with Gasteiger partial charge in [-0.1, -0.05) is 38.0 Å². The topological polar surface area (TPSA) is 35.5 Å². The maximum Gasteiger partial charge on any atom is 0.0577 e. The van der Waals surface area contributed by atoms with Crippen LogP contribution >= 0.6 is 0 Å². The molecule has 0 aromatic heterocycles. The van der Waals surface area contributed by atoms with E-state index in [2.05, 4.69) is 44.0 Å². The predicted octanol–water partition coefficient (Wildman–Crippen LogP) is 4.74. The summed E-state index contributed by atoms with van der Waals surface area (Å²) in [5, 5.41) is 13.9. The molecule has 5 aliphatic rings. The molecule has 0 aromatic carbocycles. The summed E-state index contributed by atoms with van der Waals surface area (Å²) >= 11 is 0. The van der Waals surface area contributed by atoms with Gasteiger partial charge in [0.25, 0.3) is 0 Å². The van der Waals surface area contributed by atoms with Crippen LogP contribution in [0.15, 0.2) is 22.9 Å². The first kappa shape index (κ1) is 20.1. The van der Waals surface area contributed by atoms with Crippen molar-refractivity contribution in [1.82, 2.24) is 10.2 Å². The Bertz CT molecular complexity index is 720. The van der Waals surface area contributed by atoms with Crippen molar-refractivity contribution < 1.29 is 5.11 Å². The maximum atomic E-state index is 10.4. The highest BCUT2D eigenvalue weighted by molar-refractivity contribution is 5.34. The standard InChI is InChI=1S/C26H42N2O/c1-5-18-15-19-16-20(29)6-8-25(19,3)21-7-9-26(4)22(23(18)21)14-17(2)24(26)28-12-10-27-11-13-28/h15,18,20-23,27,29H,5-14,16H2,1-4H3/t18-,20-,21-,22-,23+,25-,26-/m0/s1. The molecule has 3 nitrogen and oxygen atoms in total. The summed E-state index contributed by atoms with van der Waals surface area (Å²) < 4.78 is 0. The van der Waals surface area contributed by atoms with Crippen molar-refractivity contribution in [2.24, 2.45) is 34.5 Å². The maximum absolute atomic E-state index is 10.4. The molecule has 29 heavy (non-hydrogen) atoms. The number of hydrogen-bond donors (Lipinski definition) is 2. The molecule has 1 heterocycles. The quantitative estimate of drug-likeness (QED) is 0.660. The molecule has 1 aliphatic heterocycles. The van der Waals surface area contributed by atoms with Crippen LogP contribution in [0, 0.1) is 34.5 Å². The van der Waals surface area contributed by atoms with E-state index in [-0.39, 0.29) is 6.10 Å². The van der Waals surface area contributed by atoms with Gasteiger partial charge in [0.15, 0.2) is 0 Å². The molecular weight excluding hydrogens is 356 g/mol. The van der Waals surface area contributed by atoms with Crippen LogP contribution in [0.1, 0.15) is 72.6 Å². The number of rotatable bonds is 2. The molecule has 0 spiro atoms. The van der Waals surface area contributed by atoms with E-state index in [1.165, 1.54) is 45.2 Å². The number of hydrogen-bond acceptors (Lipinski definition) is 3. The van der Waals surface area contributed by atoms with Crippen LogP contribution in [0.4, 0.5) is 0 Å². The summed E-state index contributed by atoms with van der Waals surface area (Å²) in [6, 6.07) is 0. The third kappa shape index (κ3) is 2.90. The average molecular weight is 399 g/mol. The van der Waals surface area contributed by atoms with Gasteiger partial charge in [-0.25, -0.2) is 0 Å². The lowest BCUT2D eigenvalue weighted by molar-refractivity contribution is -0.0580. The first-order valence-electron chi connectivity index (χ1n) is 12.4. The molecule has 0 aromatic rings. The number of nitrogens with one attached hydrogen (secondary N) is 1. The van der Waals surface area contributed by atoms with Crippen LogP contribution in [0.25, 0.3) is 0 Å². The van der Waals surface area contributed by atoms with Gasteiger partial charge < -0.3 is 15.3 Å². The highest BCUT2D eigenvalue weighted by Gasteiger charge is 2.60. The molecule has 3 fully saturated rings. The second-order valence-electron chi connectivity index (χ2n) is 11.4. The highest BCUT2D eigenvalue weighted by atomic mass is 16.3. The number of allylic oxidation sites excluding steroid dienone is 3. The summed E-state index contributed by atoms with van der Waals surface area (Å²) in [4.78, 5) is 2.75. The van der Waals surface area contributed by atoms with Crippen LogP contribution in [0.2, 0.25) is 0 Å². The zero-order valence-corrected chi connectivity index (χ0v) is 19.1. The fraction of sp³-hybridized carbons (Fsp3) is 0.846. The van der Waals surface area contributed by atoms with Gasteiger partial charge in [0.05, 0.1) is 6.10 Å². The van der Waals surface area contributed by atoms with Gasteiger partial charge in [0.2, 0.25) is 0 Å². The van der Waals surface area contributed by atoms with Crippen molar-refractivity contribution in [3.05, 3.63) is 22.9 Å². The van der Waals surface area contributed by atoms with Crippen LogP contribution in [-0.4, -0.2) is 42.3 Å². The van der Waals surface area contributed by atoms with E-state index >= 15 is 0 Å². The second-order valence-corrected chi connectivity index (χ2v) is 11.4. The molecule has 0 amide bonds. The van der Waals surface area contributed by atoms with Crippen LogP contribution < -0.4 is 5.32 Å². The second kappa shape index (κ2) is 7.12. The fourth-order valence-corrected chi connectivity index (χ4v) is 8.62. The molecule has 7 atom stereocenters. The highest BCUT2D eigenvalue weighted by Crippen LogP contribution is 2.67. The summed E-state index contributed by atoms with van der Waals surface area (Å²) in [6.45, 7) is 14.7. The van der Waals surface area contributed by atoms with Crippen molar-refractivity contribution in [1.29, 1.82) is 0 Å². The Morgan fingerprint density at radius 3 is 2.52 bits per heavy atom. The largest absolute Gasteiger partial charge is 0.393 e. The lowest BCUT2D eigenvalue weighted by Crippen LogP contribution is -2.54. The lowest BCUT2D eigenvalue weighted by atomic mass is 9.45. The molecule has 5 rings (SSSR count). The van der Waals surface area contributed by atoms with E-state index < -0.39 is 0 Å². The van der Waals surface area contributed by atoms with Gasteiger partial charge in [-0.05, 0) is 81.0 Å². The molecule has 2 N–H and O–H groups in total. The van der Waals surface area contributed by atoms with Gasteiger partial charge in [0, 0.05) is 37.3 Å². The summed E-state index contributed by atoms with van der Waals surface area (Å²) in [5.41, 5.74) is 5.73. The zero-order valence-electron chi connectivity index (χ0n) is 19.1. The number of fused-ring (bicyclic) bond motifs is 5. The summed E-state index contributed by atoms with van der Waals surface area (Å²) in [6.07, 6.45) is 11.0. The number of aliphatic hydroxyl groups is 1. The van der Waals surface area contributed by atoms with E-state index in [0.717, 1.165) is 43.7 Å². The summed E-state index contributed by atoms with van der Waals surface area (Å²) in [7, 11) is 0. The van der Waals surface area contributed by atoms with Crippen molar-refractivity contribution in [2.45, 2.75) is 78.7 Å². The van der Waals surface area contributed by atoms with Crippen LogP contribution in [0.5, 0.6) is 0 Å². The summed E-state index contributed by atoms with van der Waals surface area (Å²) in [5.74, 6) is 3.14. The Hall–Kier alpha value is -0.800. The average Bonchev–Trinajstić information content (AvgIpc) is 2.98. The third-order valence-corrected chi connectivity index (χ3v) is 10.0. The van der Waals surface area contributed by atoms with E-state index in [1.54, 1.807) is 16.8 Å². The van der Waals surface area contributed by atoms with Crippen molar-refractivity contribution in [3.63, 3.8) is 0 Å². The Morgan fingerprint density at radius 2 is 1.79 bits per heavy atom. The van der Waals surface area contributed by atoms with Crippen molar-refractivity contribution in [2.75, 3.05) is 26.2 Å². The van der Waals surface area contributed by atoms with Crippen molar-refractivity contribution in [3.8, 4) is 0 Å². The SMILES string of the molecule is CC[C@H]1C=C2C[C@@H](O)CC[C@]2(C)[C@H]2CC[C@]3(C)C(N4CCNCC4)=C(C)C[C@H]3[C@H]12. The predicted molar refractivity (Wildman–Crippen MR) is 119 cm³/mol. The van der Waals surface area contributed by atoms with Gasteiger partial charge >= 0.3 is 0 Å². The smallest absolute Gasteiger partial charge is 0.0577 e. The van der Waals surface area contributed by atoms with Crippen LogP contribution in [-0.2, 0) is 0 Å². The molecule has 3 heteroatoms. The van der Waals surface area contributed by atoms with Gasteiger partial charge in [-0.15, -0.1) is 0 Å². The third-order valence-electron chi connectivity index (χ3n) is 10.0. The van der Waals surface area contributed by atoms with Crippen molar-refractivity contribution >= 4 is 0 Å². The van der Waals surface area contributed by atoms with E-state index in [9.17, 15) is 5.11 Å².